The van der Waals surface area contributed by atoms with Gasteiger partial charge in [0.25, 0.3) is 0 Å². The number of nitrogens with two attached hydrogens (primary N) is 1. The van der Waals surface area contributed by atoms with Crippen LogP contribution in [0.1, 0.15) is 44.7 Å². The molecule has 0 heterocycles. The van der Waals surface area contributed by atoms with E-state index in [1.54, 1.807) is 0 Å². The van der Waals surface area contributed by atoms with Crippen molar-refractivity contribution >= 4 is 18.3 Å². The summed E-state index contributed by atoms with van der Waals surface area (Å²) in [5, 5.41) is 3.01. The van der Waals surface area contributed by atoms with Crippen molar-refractivity contribution in [2.45, 2.75) is 52.0 Å². The third-order valence-corrected chi connectivity index (χ3v) is 3.43. The Morgan fingerprint density at radius 1 is 1.35 bits per heavy atom. The lowest BCUT2D eigenvalue weighted by Gasteiger charge is -2.27. The molecule has 0 bridgehead atoms. The van der Waals surface area contributed by atoms with Crippen LogP contribution in [0.4, 0.5) is 0 Å². The van der Waals surface area contributed by atoms with Gasteiger partial charge in [0.15, 0.2) is 0 Å². The number of rotatable bonds is 6. The summed E-state index contributed by atoms with van der Waals surface area (Å²) in [7, 11) is 0. The summed E-state index contributed by atoms with van der Waals surface area (Å²) in [6.07, 6.45) is 1.23. The predicted octanol–water partition coefficient (Wildman–Crippen LogP) is 2.94. The number of nitrogens with one attached hydrogen (secondary N) is 1. The summed E-state index contributed by atoms with van der Waals surface area (Å²) in [6, 6.07) is 8.39. The van der Waals surface area contributed by atoms with Gasteiger partial charge in [-0.3, -0.25) is 4.79 Å². The molecule has 3 N–H and O–H groups in total. The highest BCUT2D eigenvalue weighted by Crippen LogP contribution is 2.25. The van der Waals surface area contributed by atoms with Crippen molar-refractivity contribution in [3.05, 3.63) is 35.4 Å². The summed E-state index contributed by atoms with van der Waals surface area (Å²) >= 11 is 0. The number of carbonyl (C=O) groups is 1. The fourth-order valence-electron chi connectivity index (χ4n) is 2.19. The van der Waals surface area contributed by atoms with Gasteiger partial charge in [-0.2, -0.15) is 0 Å². The number of hydrogen-bond acceptors (Lipinski definition) is 2. The van der Waals surface area contributed by atoms with Crippen LogP contribution >= 0.6 is 12.4 Å². The second-order valence-electron chi connectivity index (χ2n) is 5.99. The van der Waals surface area contributed by atoms with Crippen LogP contribution in [-0.4, -0.2) is 18.5 Å². The van der Waals surface area contributed by atoms with E-state index in [4.69, 9.17) is 5.73 Å². The highest BCUT2D eigenvalue weighted by atomic mass is 35.5. The zero-order chi connectivity index (χ0) is 14.5. The standard InChI is InChI=1S/C16H26N2O.ClH/c1-12-7-5-6-8-14(12)16(3,4)11-18-15(19)10-9-13(2)17;/h5-8,13H,9-11,17H2,1-4H3,(H,18,19);1H. The molecule has 0 aromatic heterocycles. The Labute approximate surface area is 128 Å². The minimum absolute atomic E-state index is 0. The van der Waals surface area contributed by atoms with Gasteiger partial charge in [-0.05, 0) is 31.4 Å². The van der Waals surface area contributed by atoms with Crippen molar-refractivity contribution in [1.29, 1.82) is 0 Å². The Morgan fingerprint density at radius 3 is 2.50 bits per heavy atom. The molecule has 1 aromatic carbocycles. The first-order valence-electron chi connectivity index (χ1n) is 6.91. The maximum atomic E-state index is 11.7. The van der Waals surface area contributed by atoms with Gasteiger partial charge in [-0.1, -0.05) is 38.1 Å². The number of amides is 1. The topological polar surface area (TPSA) is 55.1 Å². The minimum Gasteiger partial charge on any atom is -0.355 e. The average molecular weight is 299 g/mol. The van der Waals surface area contributed by atoms with Crippen LogP contribution in [0.2, 0.25) is 0 Å². The van der Waals surface area contributed by atoms with Crippen LogP contribution in [0, 0.1) is 6.92 Å². The zero-order valence-electron chi connectivity index (χ0n) is 12.9. The van der Waals surface area contributed by atoms with E-state index in [1.165, 1.54) is 11.1 Å². The van der Waals surface area contributed by atoms with Gasteiger partial charge >= 0.3 is 0 Å². The zero-order valence-corrected chi connectivity index (χ0v) is 13.7. The lowest BCUT2D eigenvalue weighted by atomic mass is 9.82. The Kier molecular flexibility index (Phi) is 7.84. The number of halogens is 1. The molecule has 1 unspecified atom stereocenters. The Bertz CT molecular complexity index is 430. The number of carbonyl (C=O) groups excluding carboxylic acids is 1. The first kappa shape index (κ1) is 18.9. The lowest BCUT2D eigenvalue weighted by molar-refractivity contribution is -0.121. The van der Waals surface area contributed by atoms with E-state index in [-0.39, 0.29) is 29.8 Å². The molecule has 3 nitrogen and oxygen atoms in total. The van der Waals surface area contributed by atoms with Crippen molar-refractivity contribution < 1.29 is 4.79 Å². The summed E-state index contributed by atoms with van der Waals surface area (Å²) in [6.45, 7) is 8.98. The Hall–Kier alpha value is -1.06. The number of benzene rings is 1. The van der Waals surface area contributed by atoms with Crippen LogP contribution < -0.4 is 11.1 Å². The summed E-state index contributed by atoms with van der Waals surface area (Å²) in [5.74, 6) is 0.0824. The predicted molar refractivity (Wildman–Crippen MR) is 87.3 cm³/mol. The molecule has 1 atom stereocenters. The van der Waals surface area contributed by atoms with E-state index in [0.29, 0.717) is 13.0 Å². The molecular formula is C16H27ClN2O. The van der Waals surface area contributed by atoms with Gasteiger partial charge in [0, 0.05) is 24.4 Å². The van der Waals surface area contributed by atoms with Gasteiger partial charge in [0.2, 0.25) is 5.91 Å². The molecule has 0 aliphatic carbocycles. The van der Waals surface area contributed by atoms with E-state index >= 15 is 0 Å². The van der Waals surface area contributed by atoms with E-state index in [1.807, 2.05) is 19.1 Å². The molecule has 0 fully saturated rings. The molecule has 20 heavy (non-hydrogen) atoms. The van der Waals surface area contributed by atoms with Crippen molar-refractivity contribution in [3.8, 4) is 0 Å². The number of aryl methyl sites for hydroxylation is 1. The third-order valence-electron chi connectivity index (χ3n) is 3.43. The normalized spacial score (nSPS) is 12.4. The molecule has 114 valence electrons. The Morgan fingerprint density at radius 2 is 1.95 bits per heavy atom. The molecule has 1 rings (SSSR count). The highest BCUT2D eigenvalue weighted by Gasteiger charge is 2.22. The lowest BCUT2D eigenvalue weighted by Crippen LogP contribution is -2.37. The molecule has 0 aliphatic rings. The quantitative estimate of drug-likeness (QED) is 0.848. The second kappa shape index (κ2) is 8.28. The first-order chi connectivity index (χ1) is 8.83. The van der Waals surface area contributed by atoms with Gasteiger partial charge in [-0.25, -0.2) is 0 Å². The van der Waals surface area contributed by atoms with Crippen LogP contribution in [0.25, 0.3) is 0 Å². The largest absolute Gasteiger partial charge is 0.355 e. The van der Waals surface area contributed by atoms with E-state index in [9.17, 15) is 4.79 Å². The molecule has 0 spiro atoms. The molecule has 0 aliphatic heterocycles. The molecule has 0 saturated heterocycles. The van der Waals surface area contributed by atoms with E-state index in [0.717, 1.165) is 6.42 Å². The summed E-state index contributed by atoms with van der Waals surface area (Å²) < 4.78 is 0. The van der Waals surface area contributed by atoms with Gasteiger partial charge in [-0.15, -0.1) is 12.4 Å². The fourth-order valence-corrected chi connectivity index (χ4v) is 2.19. The van der Waals surface area contributed by atoms with Crippen LogP contribution in [-0.2, 0) is 10.2 Å². The van der Waals surface area contributed by atoms with Crippen LogP contribution in [0.15, 0.2) is 24.3 Å². The van der Waals surface area contributed by atoms with Crippen molar-refractivity contribution in [1.82, 2.24) is 5.32 Å². The maximum Gasteiger partial charge on any atom is 0.220 e. The smallest absolute Gasteiger partial charge is 0.220 e. The molecule has 4 heteroatoms. The van der Waals surface area contributed by atoms with Crippen LogP contribution in [0.5, 0.6) is 0 Å². The fraction of sp³-hybridized carbons (Fsp3) is 0.562. The van der Waals surface area contributed by atoms with Gasteiger partial charge in [0.05, 0.1) is 0 Å². The maximum absolute atomic E-state index is 11.7. The monoisotopic (exact) mass is 298 g/mol. The molecule has 1 aromatic rings. The Balaban J connectivity index is 0.00000361. The van der Waals surface area contributed by atoms with E-state index < -0.39 is 0 Å². The highest BCUT2D eigenvalue weighted by molar-refractivity contribution is 5.85. The SMILES string of the molecule is Cc1ccccc1C(C)(C)CNC(=O)CCC(C)N.Cl. The van der Waals surface area contributed by atoms with Gasteiger partial charge < -0.3 is 11.1 Å². The molecule has 1 amide bonds. The number of hydrogen-bond donors (Lipinski definition) is 2. The first-order valence-corrected chi connectivity index (χ1v) is 6.91. The van der Waals surface area contributed by atoms with Crippen molar-refractivity contribution in [3.63, 3.8) is 0 Å². The van der Waals surface area contributed by atoms with Crippen molar-refractivity contribution in [2.24, 2.45) is 5.73 Å². The second-order valence-corrected chi connectivity index (χ2v) is 5.99. The minimum atomic E-state index is -0.0602. The summed E-state index contributed by atoms with van der Waals surface area (Å²) in [5.41, 5.74) is 8.13. The summed E-state index contributed by atoms with van der Waals surface area (Å²) in [4.78, 5) is 11.7. The van der Waals surface area contributed by atoms with Crippen molar-refractivity contribution in [2.75, 3.05) is 6.54 Å². The van der Waals surface area contributed by atoms with Crippen LogP contribution in [0.3, 0.4) is 0 Å². The molecular weight excluding hydrogens is 272 g/mol. The molecule has 0 saturated carbocycles. The third kappa shape index (κ3) is 5.93. The van der Waals surface area contributed by atoms with E-state index in [2.05, 4.69) is 38.2 Å². The van der Waals surface area contributed by atoms with Gasteiger partial charge in [0.1, 0.15) is 0 Å². The average Bonchev–Trinajstić information content (AvgIpc) is 2.34. The molecule has 0 radical (unpaired) electrons.